The quantitative estimate of drug-likeness (QED) is 0.719. The van der Waals surface area contributed by atoms with Crippen LogP contribution < -0.4 is 0 Å². The minimum atomic E-state index is -0.317. The number of rotatable bonds is 8. The Morgan fingerprint density at radius 2 is 1.90 bits per heavy atom. The molecule has 0 heterocycles. The second-order valence-corrected chi connectivity index (χ2v) is 6.90. The van der Waals surface area contributed by atoms with Gasteiger partial charge in [0.05, 0.1) is 12.2 Å². The molecule has 2 rings (SSSR count). The highest BCUT2D eigenvalue weighted by molar-refractivity contribution is 5.88. The van der Waals surface area contributed by atoms with Gasteiger partial charge >= 0.3 is 0 Å². The van der Waals surface area contributed by atoms with E-state index in [4.69, 9.17) is 0 Å². The van der Waals surface area contributed by atoms with Crippen LogP contribution >= 0.6 is 0 Å². The van der Waals surface area contributed by atoms with Crippen LogP contribution in [0.2, 0.25) is 0 Å². The molecule has 0 spiro atoms. The maximum absolute atomic E-state index is 11.4. The maximum Gasteiger partial charge on any atom is 0.136 e. The lowest BCUT2D eigenvalue weighted by Gasteiger charge is -2.32. The van der Waals surface area contributed by atoms with Gasteiger partial charge in [-0.05, 0) is 49.9 Å². The zero-order valence-corrected chi connectivity index (χ0v) is 12.9. The predicted octanol–water partition coefficient (Wildman–Crippen LogP) is 2.93. The topological polar surface area (TPSA) is 57.5 Å². The van der Waals surface area contributed by atoms with Crippen LogP contribution in [0.1, 0.15) is 65.2 Å². The first-order valence-electron chi connectivity index (χ1n) is 8.45. The molecule has 0 aromatic carbocycles. The molecule has 2 saturated carbocycles. The molecule has 0 bridgehead atoms. The first kappa shape index (κ1) is 16.0. The van der Waals surface area contributed by atoms with E-state index in [1.807, 2.05) is 0 Å². The molecule has 116 valence electrons. The van der Waals surface area contributed by atoms with Crippen LogP contribution in [0.4, 0.5) is 0 Å². The number of fused-ring (bicyclic) bond motifs is 1. The van der Waals surface area contributed by atoms with Gasteiger partial charge in [0, 0.05) is 12.3 Å². The molecule has 0 amide bonds. The van der Waals surface area contributed by atoms with Crippen molar-refractivity contribution in [2.75, 3.05) is 0 Å². The van der Waals surface area contributed by atoms with Crippen molar-refractivity contribution in [3.05, 3.63) is 0 Å². The normalized spacial score (nSPS) is 34.1. The number of carbonyl (C=O) groups excluding carboxylic acids is 1. The Hall–Kier alpha value is -0.410. The Balaban J connectivity index is 1.68. The third-order valence-electron chi connectivity index (χ3n) is 5.80. The number of hydrogen-bond donors (Lipinski definition) is 2. The molecular weight excluding hydrogens is 252 g/mol. The van der Waals surface area contributed by atoms with E-state index in [1.165, 1.54) is 12.8 Å². The lowest BCUT2D eigenvalue weighted by Crippen LogP contribution is -2.36. The van der Waals surface area contributed by atoms with Gasteiger partial charge in [-0.2, -0.15) is 0 Å². The summed E-state index contributed by atoms with van der Waals surface area (Å²) in [7, 11) is 0. The van der Waals surface area contributed by atoms with E-state index in [0.29, 0.717) is 24.5 Å². The van der Waals surface area contributed by atoms with Crippen LogP contribution in [-0.2, 0) is 4.79 Å². The third-order valence-corrected chi connectivity index (χ3v) is 5.80. The largest absolute Gasteiger partial charge is 0.393 e. The lowest BCUT2D eigenvalue weighted by molar-refractivity contribution is -0.133. The summed E-state index contributed by atoms with van der Waals surface area (Å²) in [6.45, 7) is 4.42. The summed E-state index contributed by atoms with van der Waals surface area (Å²) in [5, 5.41) is 20.2. The van der Waals surface area contributed by atoms with Crippen molar-refractivity contribution in [1.29, 1.82) is 0 Å². The van der Waals surface area contributed by atoms with E-state index in [2.05, 4.69) is 13.8 Å². The van der Waals surface area contributed by atoms with Gasteiger partial charge in [-0.1, -0.05) is 26.7 Å². The van der Waals surface area contributed by atoms with Crippen molar-refractivity contribution in [2.24, 2.45) is 23.7 Å². The second kappa shape index (κ2) is 7.04. The molecule has 0 aromatic rings. The van der Waals surface area contributed by atoms with E-state index >= 15 is 0 Å². The number of Topliss-reactive ketones (excluding diaryl/α,β-unsaturated/α-hetero) is 1. The van der Waals surface area contributed by atoms with E-state index in [1.54, 1.807) is 0 Å². The third kappa shape index (κ3) is 3.43. The van der Waals surface area contributed by atoms with Crippen molar-refractivity contribution in [3.63, 3.8) is 0 Å². The van der Waals surface area contributed by atoms with Gasteiger partial charge in [0.1, 0.15) is 5.78 Å². The summed E-state index contributed by atoms with van der Waals surface area (Å²) < 4.78 is 0. The molecule has 3 heteroatoms. The molecule has 0 radical (unpaired) electrons. The van der Waals surface area contributed by atoms with E-state index < -0.39 is 0 Å². The highest BCUT2D eigenvalue weighted by Crippen LogP contribution is 2.49. The van der Waals surface area contributed by atoms with Gasteiger partial charge in [-0.25, -0.2) is 0 Å². The van der Waals surface area contributed by atoms with E-state index in [-0.39, 0.29) is 24.0 Å². The van der Waals surface area contributed by atoms with Gasteiger partial charge < -0.3 is 10.2 Å². The van der Waals surface area contributed by atoms with Gasteiger partial charge in [-0.15, -0.1) is 0 Å². The number of aliphatic hydroxyl groups is 2. The van der Waals surface area contributed by atoms with Crippen LogP contribution in [0, 0.1) is 23.7 Å². The SMILES string of the molecule is CCC(CC)CCC(O)CCC1C(O)CC2C(=O)CC21. The minimum Gasteiger partial charge on any atom is -0.393 e. The average Bonchev–Trinajstić information content (AvgIpc) is 2.69. The molecule has 0 aromatic heterocycles. The monoisotopic (exact) mass is 282 g/mol. The fourth-order valence-corrected chi connectivity index (χ4v) is 4.14. The zero-order chi connectivity index (χ0) is 14.7. The Kier molecular flexibility index (Phi) is 5.62. The number of hydrogen-bond acceptors (Lipinski definition) is 3. The highest BCUT2D eigenvalue weighted by atomic mass is 16.3. The van der Waals surface area contributed by atoms with Crippen LogP contribution in [0.5, 0.6) is 0 Å². The number of aliphatic hydroxyl groups excluding tert-OH is 2. The molecule has 2 aliphatic carbocycles. The lowest BCUT2D eigenvalue weighted by atomic mass is 9.70. The Morgan fingerprint density at radius 3 is 2.45 bits per heavy atom. The molecule has 2 aliphatic rings. The van der Waals surface area contributed by atoms with Crippen molar-refractivity contribution in [3.8, 4) is 0 Å². The van der Waals surface area contributed by atoms with E-state index in [9.17, 15) is 15.0 Å². The molecule has 0 aliphatic heterocycles. The molecule has 5 unspecified atom stereocenters. The van der Waals surface area contributed by atoms with Crippen LogP contribution in [0.3, 0.4) is 0 Å². The van der Waals surface area contributed by atoms with Crippen LogP contribution in [0.15, 0.2) is 0 Å². The summed E-state index contributed by atoms with van der Waals surface area (Å²) in [5.74, 6) is 1.86. The van der Waals surface area contributed by atoms with Gasteiger partial charge in [0.2, 0.25) is 0 Å². The fourth-order valence-electron chi connectivity index (χ4n) is 4.14. The summed E-state index contributed by atoms with van der Waals surface area (Å²) in [4.78, 5) is 11.4. The first-order chi connectivity index (χ1) is 9.56. The molecule has 0 saturated heterocycles. The minimum absolute atomic E-state index is 0.136. The molecule has 2 N–H and O–H groups in total. The molecule has 20 heavy (non-hydrogen) atoms. The summed E-state index contributed by atoms with van der Waals surface area (Å²) in [6.07, 6.45) is 6.79. The van der Waals surface area contributed by atoms with Gasteiger partial charge in [-0.3, -0.25) is 4.79 Å². The first-order valence-corrected chi connectivity index (χ1v) is 8.45. The molecular formula is C17H30O3. The fraction of sp³-hybridized carbons (Fsp3) is 0.941. The predicted molar refractivity (Wildman–Crippen MR) is 79.3 cm³/mol. The number of carbonyl (C=O) groups is 1. The second-order valence-electron chi connectivity index (χ2n) is 6.90. The van der Waals surface area contributed by atoms with Crippen LogP contribution in [-0.4, -0.2) is 28.2 Å². The summed E-state index contributed by atoms with van der Waals surface area (Å²) in [6, 6.07) is 0. The average molecular weight is 282 g/mol. The molecule has 5 atom stereocenters. The van der Waals surface area contributed by atoms with Gasteiger partial charge in [0.15, 0.2) is 0 Å². The van der Waals surface area contributed by atoms with Crippen molar-refractivity contribution in [1.82, 2.24) is 0 Å². The van der Waals surface area contributed by atoms with Crippen molar-refractivity contribution < 1.29 is 15.0 Å². The molecule has 2 fully saturated rings. The van der Waals surface area contributed by atoms with Crippen LogP contribution in [0.25, 0.3) is 0 Å². The smallest absolute Gasteiger partial charge is 0.136 e. The zero-order valence-electron chi connectivity index (χ0n) is 12.9. The highest BCUT2D eigenvalue weighted by Gasteiger charge is 2.52. The summed E-state index contributed by atoms with van der Waals surface area (Å²) >= 11 is 0. The Morgan fingerprint density at radius 1 is 1.20 bits per heavy atom. The van der Waals surface area contributed by atoms with Crippen molar-refractivity contribution >= 4 is 5.78 Å². The Labute approximate surface area is 122 Å². The summed E-state index contributed by atoms with van der Waals surface area (Å²) in [5.41, 5.74) is 0. The Bertz CT molecular complexity index is 324. The van der Waals surface area contributed by atoms with Crippen molar-refractivity contribution in [2.45, 2.75) is 77.4 Å². The standard InChI is InChI=1S/C17H30O3/c1-3-11(4-2)5-6-12(18)7-8-13-14-9-17(20)15(14)10-16(13)19/h11-16,18-19H,3-10H2,1-2H3. The van der Waals surface area contributed by atoms with Gasteiger partial charge in [0.25, 0.3) is 0 Å². The maximum atomic E-state index is 11.4. The number of ketones is 1. The van der Waals surface area contributed by atoms with E-state index in [0.717, 1.165) is 31.6 Å². The molecule has 3 nitrogen and oxygen atoms in total.